The summed E-state index contributed by atoms with van der Waals surface area (Å²) in [7, 11) is 2.20. The van der Waals surface area contributed by atoms with Crippen molar-refractivity contribution in [2.75, 3.05) is 33.2 Å². The first-order valence-electron chi connectivity index (χ1n) is 9.64. The number of allylic oxidation sites excluding steroid dienone is 4. The summed E-state index contributed by atoms with van der Waals surface area (Å²) in [5.74, 6) is 0. The summed E-state index contributed by atoms with van der Waals surface area (Å²) in [6, 6.07) is 6.29. The first-order chi connectivity index (χ1) is 13.2. The van der Waals surface area contributed by atoms with Crippen LogP contribution >= 0.6 is 0 Å². The normalized spacial score (nSPS) is 18.6. The Kier molecular flexibility index (Phi) is 5.21. The number of nitrogens with zero attached hydrogens (tertiary/aromatic N) is 4. The minimum absolute atomic E-state index is 0. The first kappa shape index (κ1) is 17.7. The molecule has 2 aliphatic rings. The van der Waals surface area contributed by atoms with Gasteiger partial charge in [-0.15, -0.1) is 0 Å². The van der Waals surface area contributed by atoms with E-state index in [0.29, 0.717) is 0 Å². The van der Waals surface area contributed by atoms with E-state index in [0.717, 1.165) is 50.2 Å². The summed E-state index contributed by atoms with van der Waals surface area (Å²) in [4.78, 5) is 13.7. The van der Waals surface area contributed by atoms with Gasteiger partial charge in [-0.2, -0.15) is 0 Å². The van der Waals surface area contributed by atoms with E-state index >= 15 is 0 Å². The van der Waals surface area contributed by atoms with E-state index in [9.17, 15) is 0 Å². The topological polar surface area (TPSA) is 44.3 Å². The smallest absolute Gasteiger partial charge is 0.0890 e. The maximum Gasteiger partial charge on any atom is 0.0890 e. The van der Waals surface area contributed by atoms with Crippen molar-refractivity contribution in [3.8, 4) is 0 Å². The van der Waals surface area contributed by atoms with Gasteiger partial charge in [0, 0.05) is 46.5 Å². The maximum atomic E-state index is 4.42. The Hall–Kier alpha value is -2.66. The SMILES string of the molecule is CC1=CC=C(NCc2ccc3nccnc3c2)C(N2CCN(C)CC2)=CC1.[HH]. The number of fused-ring (bicyclic) bond motifs is 1. The number of rotatable bonds is 4. The molecule has 142 valence electrons. The molecule has 1 N–H and O–H groups in total. The van der Waals surface area contributed by atoms with Gasteiger partial charge in [-0.3, -0.25) is 9.97 Å². The summed E-state index contributed by atoms with van der Waals surface area (Å²) in [6.07, 6.45) is 11.3. The van der Waals surface area contributed by atoms with Gasteiger partial charge in [0.2, 0.25) is 0 Å². The number of hydrogen-bond acceptors (Lipinski definition) is 5. The van der Waals surface area contributed by atoms with Gasteiger partial charge in [-0.1, -0.05) is 23.8 Å². The molecule has 1 aromatic carbocycles. The van der Waals surface area contributed by atoms with Gasteiger partial charge < -0.3 is 15.1 Å². The fourth-order valence-corrected chi connectivity index (χ4v) is 3.56. The molecular formula is C22H29N5. The van der Waals surface area contributed by atoms with Gasteiger partial charge in [0.05, 0.1) is 22.4 Å². The molecule has 1 aromatic heterocycles. The van der Waals surface area contributed by atoms with Crippen molar-refractivity contribution in [2.24, 2.45) is 0 Å². The average molecular weight is 364 g/mol. The van der Waals surface area contributed by atoms with E-state index in [4.69, 9.17) is 0 Å². The Morgan fingerprint density at radius 3 is 2.63 bits per heavy atom. The van der Waals surface area contributed by atoms with Crippen LogP contribution in [0, 0.1) is 0 Å². The monoisotopic (exact) mass is 363 g/mol. The van der Waals surface area contributed by atoms with Crippen molar-refractivity contribution >= 4 is 11.0 Å². The van der Waals surface area contributed by atoms with Crippen LogP contribution in [0.4, 0.5) is 0 Å². The summed E-state index contributed by atoms with van der Waals surface area (Å²) in [5, 5.41) is 3.67. The third-order valence-electron chi connectivity index (χ3n) is 5.29. The maximum absolute atomic E-state index is 4.42. The second kappa shape index (κ2) is 7.92. The van der Waals surface area contributed by atoms with E-state index < -0.39 is 0 Å². The van der Waals surface area contributed by atoms with Crippen molar-refractivity contribution < 1.29 is 1.43 Å². The predicted octanol–water partition coefficient (Wildman–Crippen LogP) is 3.33. The Morgan fingerprint density at radius 1 is 1.04 bits per heavy atom. The molecule has 1 aliphatic carbocycles. The Labute approximate surface area is 162 Å². The van der Waals surface area contributed by atoms with Crippen molar-refractivity contribution in [3.63, 3.8) is 0 Å². The van der Waals surface area contributed by atoms with Crippen molar-refractivity contribution in [2.45, 2.75) is 19.9 Å². The standard InChI is InChI=1S/C22H27N5.H2/c1-17-3-6-20(22(8-4-17)27-13-11-26(2)12-14-27)25-16-18-5-7-19-21(15-18)24-10-9-23-19;/h3,5-10,15,25H,4,11-14,16H2,1-2H3;1H. The molecule has 0 bridgehead atoms. The highest BCUT2D eigenvalue weighted by atomic mass is 15.3. The van der Waals surface area contributed by atoms with Crippen LogP contribution in [0.1, 0.15) is 20.3 Å². The molecule has 2 heterocycles. The van der Waals surface area contributed by atoms with Crippen LogP contribution in [0.3, 0.4) is 0 Å². The van der Waals surface area contributed by atoms with Crippen LogP contribution < -0.4 is 5.32 Å². The second-order valence-electron chi connectivity index (χ2n) is 7.41. The number of benzene rings is 1. The molecule has 27 heavy (non-hydrogen) atoms. The Morgan fingerprint density at radius 2 is 1.81 bits per heavy atom. The number of aromatic nitrogens is 2. The first-order valence-corrected chi connectivity index (χ1v) is 9.64. The van der Waals surface area contributed by atoms with E-state index in [-0.39, 0.29) is 1.43 Å². The molecule has 1 aliphatic heterocycles. The van der Waals surface area contributed by atoms with Crippen LogP contribution in [0.2, 0.25) is 0 Å². The van der Waals surface area contributed by atoms with E-state index in [1.54, 1.807) is 12.4 Å². The molecule has 2 aromatic rings. The summed E-state index contributed by atoms with van der Waals surface area (Å²) in [6.45, 7) is 7.34. The number of likely N-dealkylation sites (N-methyl/N-ethyl adjacent to an activating group) is 1. The predicted molar refractivity (Wildman–Crippen MR) is 112 cm³/mol. The zero-order valence-corrected chi connectivity index (χ0v) is 16.2. The lowest BCUT2D eigenvalue weighted by Crippen LogP contribution is -2.44. The quantitative estimate of drug-likeness (QED) is 0.903. The molecule has 1 fully saturated rings. The van der Waals surface area contributed by atoms with E-state index in [2.05, 4.69) is 69.4 Å². The molecular weight excluding hydrogens is 334 g/mol. The molecule has 0 unspecified atom stereocenters. The zero-order valence-electron chi connectivity index (χ0n) is 16.2. The molecule has 5 nitrogen and oxygen atoms in total. The molecule has 0 atom stereocenters. The number of piperazine rings is 1. The minimum atomic E-state index is 0. The van der Waals surface area contributed by atoms with Gasteiger partial charge >= 0.3 is 0 Å². The lowest BCUT2D eigenvalue weighted by atomic mass is 10.1. The average Bonchev–Trinajstić information content (AvgIpc) is 2.88. The van der Waals surface area contributed by atoms with Crippen LogP contribution in [-0.2, 0) is 6.54 Å². The molecule has 0 amide bonds. The van der Waals surface area contributed by atoms with Crippen LogP contribution in [-0.4, -0.2) is 53.0 Å². The van der Waals surface area contributed by atoms with E-state index in [1.807, 2.05) is 6.07 Å². The molecule has 0 spiro atoms. The summed E-state index contributed by atoms with van der Waals surface area (Å²) < 4.78 is 0. The van der Waals surface area contributed by atoms with Crippen molar-refractivity contribution in [3.05, 3.63) is 71.4 Å². The molecule has 1 saturated heterocycles. The third kappa shape index (κ3) is 4.19. The van der Waals surface area contributed by atoms with E-state index in [1.165, 1.54) is 22.5 Å². The molecule has 0 radical (unpaired) electrons. The highest BCUT2D eigenvalue weighted by molar-refractivity contribution is 5.74. The lowest BCUT2D eigenvalue weighted by molar-refractivity contribution is 0.187. The highest BCUT2D eigenvalue weighted by Crippen LogP contribution is 2.22. The lowest BCUT2D eigenvalue weighted by Gasteiger charge is -2.36. The van der Waals surface area contributed by atoms with Gasteiger partial charge in [-0.25, -0.2) is 0 Å². The highest BCUT2D eigenvalue weighted by Gasteiger charge is 2.19. The molecule has 4 rings (SSSR count). The fraction of sp³-hybridized carbons (Fsp3) is 0.364. The minimum Gasteiger partial charge on any atom is -0.379 e. The van der Waals surface area contributed by atoms with Gasteiger partial charge in [0.15, 0.2) is 0 Å². The summed E-state index contributed by atoms with van der Waals surface area (Å²) >= 11 is 0. The zero-order chi connectivity index (χ0) is 18.6. The van der Waals surface area contributed by atoms with Gasteiger partial charge in [0.25, 0.3) is 0 Å². The van der Waals surface area contributed by atoms with Crippen LogP contribution in [0.15, 0.2) is 65.8 Å². The molecule has 5 heteroatoms. The van der Waals surface area contributed by atoms with Crippen LogP contribution in [0.5, 0.6) is 0 Å². The van der Waals surface area contributed by atoms with Crippen molar-refractivity contribution in [1.82, 2.24) is 25.1 Å². The third-order valence-corrected chi connectivity index (χ3v) is 5.29. The number of nitrogens with one attached hydrogen (secondary N) is 1. The van der Waals surface area contributed by atoms with Gasteiger partial charge in [0.1, 0.15) is 0 Å². The molecule has 0 saturated carbocycles. The number of hydrogen-bond donors (Lipinski definition) is 1. The summed E-state index contributed by atoms with van der Waals surface area (Å²) in [5.41, 5.74) is 7.02. The fourth-order valence-electron chi connectivity index (χ4n) is 3.56. The second-order valence-corrected chi connectivity index (χ2v) is 7.41. The largest absolute Gasteiger partial charge is 0.379 e. The Bertz CT molecular complexity index is 910. The van der Waals surface area contributed by atoms with Crippen molar-refractivity contribution in [1.29, 1.82) is 0 Å². The van der Waals surface area contributed by atoms with Crippen LogP contribution in [0.25, 0.3) is 11.0 Å². The Balaban J connectivity index is 0.00000225. The van der Waals surface area contributed by atoms with Gasteiger partial charge in [-0.05, 0) is 44.2 Å².